The van der Waals surface area contributed by atoms with E-state index < -0.39 is 0 Å². The third kappa shape index (κ3) is 6.14. The molecule has 0 aliphatic carbocycles. The summed E-state index contributed by atoms with van der Waals surface area (Å²) < 4.78 is 6.04. The number of carbonyl (C=O) groups excluding carboxylic acids is 1. The molecule has 0 bridgehead atoms. The lowest BCUT2D eigenvalue weighted by Crippen LogP contribution is -2.20. The standard InChI is InChI=1S/C27H29ClN4O2/c1-27(2,3)22-16-19(8-9-23(22)28)32-25(33)10-7-18-5-4-6-20(15-18)34-21-11-12-29-24(17-21)26-30-13-14-31-26/h4-6,8-9,11-12,15-17H,7,10,13-14H2,1-3H3,(H,30,31)(H,32,33). The van der Waals surface area contributed by atoms with Crippen LogP contribution in [-0.4, -0.2) is 29.8 Å². The van der Waals surface area contributed by atoms with Crippen LogP contribution in [0, 0.1) is 0 Å². The van der Waals surface area contributed by atoms with Crippen LogP contribution < -0.4 is 15.4 Å². The van der Waals surface area contributed by atoms with E-state index in [0.29, 0.717) is 29.4 Å². The quantitative estimate of drug-likeness (QED) is 0.455. The zero-order chi connectivity index (χ0) is 24.1. The Morgan fingerprint density at radius 1 is 1.12 bits per heavy atom. The molecule has 0 atom stereocenters. The first kappa shape index (κ1) is 23.8. The molecule has 7 heteroatoms. The van der Waals surface area contributed by atoms with Gasteiger partial charge in [-0.1, -0.05) is 44.5 Å². The molecular weight excluding hydrogens is 448 g/mol. The van der Waals surface area contributed by atoms with Crippen molar-refractivity contribution >= 4 is 29.0 Å². The zero-order valence-electron chi connectivity index (χ0n) is 19.7. The second-order valence-electron chi connectivity index (χ2n) is 9.28. The summed E-state index contributed by atoms with van der Waals surface area (Å²) in [4.78, 5) is 21.3. The molecule has 1 aliphatic heterocycles. The highest BCUT2D eigenvalue weighted by molar-refractivity contribution is 6.31. The minimum Gasteiger partial charge on any atom is -0.457 e. The maximum absolute atomic E-state index is 12.6. The van der Waals surface area contributed by atoms with Crippen molar-refractivity contribution in [2.45, 2.75) is 39.0 Å². The van der Waals surface area contributed by atoms with Crippen molar-refractivity contribution < 1.29 is 9.53 Å². The number of nitrogens with zero attached hydrogens (tertiary/aromatic N) is 2. The van der Waals surface area contributed by atoms with Crippen molar-refractivity contribution in [2.75, 3.05) is 18.4 Å². The topological polar surface area (TPSA) is 75.6 Å². The summed E-state index contributed by atoms with van der Waals surface area (Å²) in [6, 6.07) is 17.1. The Morgan fingerprint density at radius 3 is 2.71 bits per heavy atom. The van der Waals surface area contributed by atoms with Crippen LogP contribution >= 0.6 is 11.6 Å². The smallest absolute Gasteiger partial charge is 0.224 e. The lowest BCUT2D eigenvalue weighted by molar-refractivity contribution is -0.116. The number of ether oxygens (including phenoxy) is 1. The number of hydrogen-bond acceptors (Lipinski definition) is 5. The lowest BCUT2D eigenvalue weighted by Gasteiger charge is -2.21. The maximum atomic E-state index is 12.6. The fourth-order valence-corrected chi connectivity index (χ4v) is 4.13. The normalized spacial score (nSPS) is 13.2. The highest BCUT2D eigenvalue weighted by atomic mass is 35.5. The molecule has 1 aromatic heterocycles. The third-order valence-electron chi connectivity index (χ3n) is 5.48. The lowest BCUT2D eigenvalue weighted by atomic mass is 9.87. The van der Waals surface area contributed by atoms with Crippen molar-refractivity contribution in [2.24, 2.45) is 4.99 Å². The Kier molecular flexibility index (Phi) is 7.17. The van der Waals surface area contributed by atoms with Crippen LogP contribution in [0.25, 0.3) is 0 Å². The highest BCUT2D eigenvalue weighted by Crippen LogP contribution is 2.31. The number of aryl methyl sites for hydroxylation is 1. The molecule has 6 nitrogen and oxygen atoms in total. The van der Waals surface area contributed by atoms with E-state index in [1.54, 1.807) is 6.20 Å². The summed E-state index contributed by atoms with van der Waals surface area (Å²) in [7, 11) is 0. The molecule has 1 aliphatic rings. The number of amides is 1. The van der Waals surface area contributed by atoms with E-state index >= 15 is 0 Å². The molecule has 0 spiro atoms. The molecule has 0 saturated heterocycles. The second-order valence-corrected chi connectivity index (χ2v) is 9.68. The Labute approximate surface area is 205 Å². The Bertz CT molecular complexity index is 1220. The number of aliphatic imine (C=N–C) groups is 1. The maximum Gasteiger partial charge on any atom is 0.224 e. The SMILES string of the molecule is CC(C)(C)c1cc(NC(=O)CCc2cccc(Oc3ccnc(C4=NCCN4)c3)c2)ccc1Cl. The number of rotatable bonds is 7. The van der Waals surface area contributed by atoms with Gasteiger partial charge in [-0.05, 0) is 59.4 Å². The minimum absolute atomic E-state index is 0.0443. The Balaban J connectivity index is 1.36. The van der Waals surface area contributed by atoms with E-state index in [0.717, 1.165) is 41.4 Å². The molecule has 2 N–H and O–H groups in total. The van der Waals surface area contributed by atoms with Gasteiger partial charge in [-0.15, -0.1) is 0 Å². The summed E-state index contributed by atoms with van der Waals surface area (Å²) in [5.74, 6) is 2.15. The zero-order valence-corrected chi connectivity index (χ0v) is 20.4. The van der Waals surface area contributed by atoms with Crippen molar-refractivity contribution in [3.63, 3.8) is 0 Å². The van der Waals surface area contributed by atoms with E-state index in [2.05, 4.69) is 41.4 Å². The summed E-state index contributed by atoms with van der Waals surface area (Å²) >= 11 is 6.34. The number of amidine groups is 1. The van der Waals surface area contributed by atoms with Crippen LogP contribution in [0.4, 0.5) is 5.69 Å². The van der Waals surface area contributed by atoms with E-state index in [1.165, 1.54) is 0 Å². The van der Waals surface area contributed by atoms with E-state index in [-0.39, 0.29) is 11.3 Å². The summed E-state index contributed by atoms with van der Waals surface area (Å²) in [5, 5.41) is 6.91. The van der Waals surface area contributed by atoms with Crippen LogP contribution in [0.1, 0.15) is 44.0 Å². The van der Waals surface area contributed by atoms with Crippen molar-refractivity contribution in [3.8, 4) is 11.5 Å². The van der Waals surface area contributed by atoms with Gasteiger partial charge < -0.3 is 15.4 Å². The van der Waals surface area contributed by atoms with Gasteiger partial charge in [0.1, 0.15) is 23.0 Å². The number of carbonyl (C=O) groups is 1. The molecule has 4 rings (SSSR count). The molecule has 2 heterocycles. The van der Waals surface area contributed by atoms with Crippen LogP contribution in [0.5, 0.6) is 11.5 Å². The number of anilines is 1. The van der Waals surface area contributed by atoms with Crippen LogP contribution in [-0.2, 0) is 16.6 Å². The Hall–Kier alpha value is -3.38. The van der Waals surface area contributed by atoms with Gasteiger partial charge in [0.25, 0.3) is 0 Å². The molecule has 1 amide bonds. The molecule has 0 fully saturated rings. The molecule has 3 aromatic rings. The number of nitrogens with one attached hydrogen (secondary N) is 2. The van der Waals surface area contributed by atoms with Gasteiger partial charge in [0.05, 0.1) is 6.54 Å². The van der Waals surface area contributed by atoms with Gasteiger partial charge in [0, 0.05) is 35.9 Å². The third-order valence-corrected chi connectivity index (χ3v) is 5.81. The predicted octanol–water partition coefficient (Wildman–Crippen LogP) is 5.75. The number of halogens is 1. The monoisotopic (exact) mass is 476 g/mol. The first-order valence-corrected chi connectivity index (χ1v) is 11.8. The number of benzene rings is 2. The van der Waals surface area contributed by atoms with Gasteiger partial charge in [0.2, 0.25) is 5.91 Å². The highest BCUT2D eigenvalue weighted by Gasteiger charge is 2.18. The van der Waals surface area contributed by atoms with E-state index in [4.69, 9.17) is 16.3 Å². The van der Waals surface area contributed by atoms with Gasteiger partial charge >= 0.3 is 0 Å². The molecule has 0 unspecified atom stereocenters. The summed E-state index contributed by atoms with van der Waals surface area (Å²) in [6.45, 7) is 7.88. The van der Waals surface area contributed by atoms with Crippen LogP contribution in [0.15, 0.2) is 65.8 Å². The summed E-state index contributed by atoms with van der Waals surface area (Å²) in [6.07, 6.45) is 2.68. The van der Waals surface area contributed by atoms with Gasteiger partial charge in [-0.25, -0.2) is 0 Å². The van der Waals surface area contributed by atoms with Gasteiger partial charge in [0.15, 0.2) is 0 Å². The van der Waals surface area contributed by atoms with Gasteiger partial charge in [-0.2, -0.15) is 0 Å². The number of pyridine rings is 1. The van der Waals surface area contributed by atoms with Crippen LogP contribution in [0.2, 0.25) is 5.02 Å². The van der Waals surface area contributed by atoms with E-state index in [9.17, 15) is 4.79 Å². The largest absolute Gasteiger partial charge is 0.457 e. The molecule has 0 saturated carbocycles. The first-order valence-electron chi connectivity index (χ1n) is 11.4. The fraction of sp³-hybridized carbons (Fsp3) is 0.296. The van der Waals surface area contributed by atoms with Crippen molar-refractivity contribution in [1.82, 2.24) is 10.3 Å². The van der Waals surface area contributed by atoms with E-state index in [1.807, 2.05) is 54.6 Å². The predicted molar refractivity (Wildman–Crippen MR) is 137 cm³/mol. The summed E-state index contributed by atoms with van der Waals surface area (Å²) in [5.41, 5.74) is 3.45. The average molecular weight is 477 g/mol. The average Bonchev–Trinajstić information content (AvgIpc) is 3.34. The molecular formula is C27H29ClN4O2. The number of aromatic nitrogens is 1. The van der Waals surface area contributed by atoms with Crippen molar-refractivity contribution in [1.29, 1.82) is 0 Å². The van der Waals surface area contributed by atoms with Crippen LogP contribution in [0.3, 0.4) is 0 Å². The Morgan fingerprint density at radius 2 is 1.94 bits per heavy atom. The molecule has 2 aromatic carbocycles. The molecule has 0 radical (unpaired) electrons. The fourth-order valence-electron chi connectivity index (χ4n) is 3.73. The molecule has 34 heavy (non-hydrogen) atoms. The second kappa shape index (κ2) is 10.3. The van der Waals surface area contributed by atoms with Gasteiger partial charge in [-0.3, -0.25) is 14.8 Å². The molecule has 176 valence electrons. The van der Waals surface area contributed by atoms with Crippen molar-refractivity contribution in [3.05, 3.63) is 82.6 Å². The number of hydrogen-bond donors (Lipinski definition) is 2. The minimum atomic E-state index is -0.102. The first-order chi connectivity index (χ1) is 16.3.